The summed E-state index contributed by atoms with van der Waals surface area (Å²) in [5, 5.41) is 3.09. The van der Waals surface area contributed by atoms with Gasteiger partial charge >= 0.3 is 0 Å². The highest BCUT2D eigenvalue weighted by Gasteiger charge is 2.28. The largest absolute Gasteiger partial charge is 0.467 e. The van der Waals surface area contributed by atoms with E-state index in [1.54, 1.807) is 12.3 Å². The number of hydrogen-bond acceptors (Lipinski definition) is 4. The predicted octanol–water partition coefficient (Wildman–Crippen LogP) is 3.84. The first-order chi connectivity index (χ1) is 13.6. The molecule has 0 bridgehead atoms. The number of rotatable bonds is 6. The molecule has 0 aliphatic carbocycles. The van der Waals surface area contributed by atoms with E-state index in [9.17, 15) is 4.79 Å². The molecule has 2 aromatic rings. The summed E-state index contributed by atoms with van der Waals surface area (Å²) in [6.45, 7) is 7.86. The van der Waals surface area contributed by atoms with Crippen molar-refractivity contribution < 1.29 is 9.21 Å². The molecule has 1 aromatic carbocycles. The monoisotopic (exact) mass is 381 g/mol. The third-order valence-electron chi connectivity index (χ3n) is 6.28. The molecule has 2 aliphatic rings. The predicted molar refractivity (Wildman–Crippen MR) is 112 cm³/mol. The van der Waals surface area contributed by atoms with Crippen LogP contribution in [0, 0.1) is 0 Å². The molecule has 0 saturated carbocycles. The van der Waals surface area contributed by atoms with Crippen LogP contribution in [0.25, 0.3) is 0 Å². The van der Waals surface area contributed by atoms with Crippen LogP contribution in [-0.2, 0) is 13.0 Å². The lowest BCUT2D eigenvalue weighted by Gasteiger charge is -2.33. The van der Waals surface area contributed by atoms with Gasteiger partial charge in [-0.15, -0.1) is 0 Å². The number of carbonyl (C=O) groups excluding carboxylic acids is 1. The third-order valence-corrected chi connectivity index (χ3v) is 6.28. The smallest absolute Gasteiger partial charge is 0.254 e. The maximum Gasteiger partial charge on any atom is 0.254 e. The summed E-state index contributed by atoms with van der Waals surface area (Å²) in [5.41, 5.74) is 3.27. The lowest BCUT2D eigenvalue weighted by Crippen LogP contribution is -2.42. The van der Waals surface area contributed by atoms with Gasteiger partial charge in [0, 0.05) is 30.9 Å². The van der Waals surface area contributed by atoms with Crippen molar-refractivity contribution in [3.05, 3.63) is 53.5 Å². The van der Waals surface area contributed by atoms with Crippen LogP contribution >= 0.6 is 0 Å². The van der Waals surface area contributed by atoms with Gasteiger partial charge in [0.1, 0.15) is 5.76 Å². The Hall–Kier alpha value is -2.27. The molecule has 0 spiro atoms. The molecule has 3 heterocycles. The number of likely N-dealkylation sites (tertiary alicyclic amines) is 1. The van der Waals surface area contributed by atoms with Crippen LogP contribution in [0.1, 0.15) is 54.8 Å². The average molecular weight is 382 g/mol. The third kappa shape index (κ3) is 3.95. The van der Waals surface area contributed by atoms with Gasteiger partial charge in [0.2, 0.25) is 0 Å². The molecule has 0 radical (unpaired) electrons. The number of piperidine rings is 1. The Balaban J connectivity index is 1.37. The number of benzene rings is 1. The van der Waals surface area contributed by atoms with E-state index < -0.39 is 0 Å². The topological polar surface area (TPSA) is 48.7 Å². The molecule has 1 amide bonds. The summed E-state index contributed by atoms with van der Waals surface area (Å²) in [6, 6.07) is 11.3. The quantitative estimate of drug-likeness (QED) is 0.826. The zero-order chi connectivity index (χ0) is 19.5. The van der Waals surface area contributed by atoms with Gasteiger partial charge in [0.15, 0.2) is 0 Å². The number of hydrogen-bond donors (Lipinski definition) is 1. The van der Waals surface area contributed by atoms with Gasteiger partial charge < -0.3 is 14.6 Å². The van der Waals surface area contributed by atoms with Crippen LogP contribution in [0.3, 0.4) is 0 Å². The standard InChI is InChI=1S/C23H31N3O2/c1-17-7-5-6-12-25(17)13-11-24-23(27)20-10-14-28-22(20)16-26-18(2)15-19-8-3-4-9-21(19)26/h3-4,8-10,14,17-18H,5-7,11-13,15-16H2,1-2H3,(H,24,27). The second-order valence-corrected chi connectivity index (χ2v) is 8.20. The first-order valence-corrected chi connectivity index (χ1v) is 10.6. The lowest BCUT2D eigenvalue weighted by atomic mass is 10.0. The first kappa shape index (κ1) is 19.1. The average Bonchev–Trinajstić information content (AvgIpc) is 3.28. The number of carbonyl (C=O) groups is 1. The maximum absolute atomic E-state index is 12.7. The molecule has 1 aromatic heterocycles. The van der Waals surface area contributed by atoms with E-state index in [4.69, 9.17) is 4.42 Å². The van der Waals surface area contributed by atoms with Crippen LogP contribution in [-0.4, -0.2) is 42.5 Å². The minimum atomic E-state index is -0.0338. The van der Waals surface area contributed by atoms with Gasteiger partial charge in [-0.2, -0.15) is 0 Å². The normalized spacial score (nSPS) is 22.3. The first-order valence-electron chi connectivity index (χ1n) is 10.6. The second-order valence-electron chi connectivity index (χ2n) is 8.20. The Bertz CT molecular complexity index is 816. The maximum atomic E-state index is 12.7. The van der Waals surface area contributed by atoms with Gasteiger partial charge in [-0.05, 0) is 57.4 Å². The fraction of sp³-hybridized carbons (Fsp3) is 0.522. The summed E-state index contributed by atoms with van der Waals surface area (Å²) in [4.78, 5) is 17.6. The molecule has 5 nitrogen and oxygen atoms in total. The van der Waals surface area contributed by atoms with Crippen molar-refractivity contribution >= 4 is 11.6 Å². The van der Waals surface area contributed by atoms with Gasteiger partial charge in [-0.3, -0.25) is 9.69 Å². The molecule has 5 heteroatoms. The number of nitrogens with zero attached hydrogens (tertiary/aromatic N) is 2. The van der Waals surface area contributed by atoms with E-state index in [1.807, 2.05) is 0 Å². The fourth-order valence-electron chi connectivity index (χ4n) is 4.59. The van der Waals surface area contributed by atoms with Crippen molar-refractivity contribution in [1.82, 2.24) is 10.2 Å². The number of fused-ring (bicyclic) bond motifs is 1. The van der Waals surface area contributed by atoms with Crippen molar-refractivity contribution in [1.29, 1.82) is 0 Å². The van der Waals surface area contributed by atoms with Gasteiger partial charge in [-0.25, -0.2) is 0 Å². The Morgan fingerprint density at radius 3 is 2.89 bits per heavy atom. The van der Waals surface area contributed by atoms with Crippen molar-refractivity contribution in [2.45, 2.75) is 58.2 Å². The van der Waals surface area contributed by atoms with E-state index in [0.717, 1.165) is 25.3 Å². The molecule has 4 rings (SSSR count). The van der Waals surface area contributed by atoms with Gasteiger partial charge in [0.05, 0.1) is 18.4 Å². The number of nitrogens with one attached hydrogen (secondary N) is 1. The lowest BCUT2D eigenvalue weighted by molar-refractivity contribution is 0.0936. The van der Waals surface area contributed by atoms with E-state index in [-0.39, 0.29) is 5.91 Å². The number of para-hydroxylation sites is 1. The molecule has 2 unspecified atom stereocenters. The second kappa shape index (κ2) is 8.39. The Morgan fingerprint density at radius 2 is 2.04 bits per heavy atom. The number of anilines is 1. The SMILES string of the molecule is CC1CCCCN1CCNC(=O)c1ccoc1CN1c2ccccc2CC1C. The van der Waals surface area contributed by atoms with Crippen LogP contribution < -0.4 is 10.2 Å². The Morgan fingerprint density at radius 1 is 1.18 bits per heavy atom. The van der Waals surface area contributed by atoms with E-state index in [0.29, 0.717) is 30.7 Å². The van der Waals surface area contributed by atoms with E-state index in [2.05, 4.69) is 53.2 Å². The molecule has 1 N–H and O–H groups in total. The summed E-state index contributed by atoms with van der Waals surface area (Å²) in [7, 11) is 0. The molecule has 1 fully saturated rings. The highest BCUT2D eigenvalue weighted by molar-refractivity contribution is 5.95. The van der Waals surface area contributed by atoms with Gasteiger partial charge in [0.25, 0.3) is 5.91 Å². The highest BCUT2D eigenvalue weighted by Crippen LogP contribution is 2.33. The van der Waals surface area contributed by atoms with Crippen molar-refractivity contribution in [3.8, 4) is 0 Å². The van der Waals surface area contributed by atoms with Crippen LogP contribution in [0.15, 0.2) is 41.0 Å². The van der Waals surface area contributed by atoms with E-state index in [1.165, 1.54) is 30.5 Å². The molecule has 2 atom stereocenters. The zero-order valence-electron chi connectivity index (χ0n) is 17.0. The fourth-order valence-corrected chi connectivity index (χ4v) is 4.59. The number of furan rings is 1. The van der Waals surface area contributed by atoms with Crippen molar-refractivity contribution in [3.63, 3.8) is 0 Å². The minimum Gasteiger partial charge on any atom is -0.467 e. The van der Waals surface area contributed by atoms with Crippen LogP contribution in [0.2, 0.25) is 0 Å². The highest BCUT2D eigenvalue weighted by atomic mass is 16.3. The van der Waals surface area contributed by atoms with Crippen LogP contribution in [0.4, 0.5) is 5.69 Å². The summed E-state index contributed by atoms with van der Waals surface area (Å²) in [5.74, 6) is 0.709. The number of amides is 1. The minimum absolute atomic E-state index is 0.0338. The van der Waals surface area contributed by atoms with E-state index >= 15 is 0 Å². The summed E-state index contributed by atoms with van der Waals surface area (Å²) in [6.07, 6.45) is 6.51. The summed E-state index contributed by atoms with van der Waals surface area (Å²) < 4.78 is 5.71. The molecular formula is C23H31N3O2. The molecule has 28 heavy (non-hydrogen) atoms. The zero-order valence-corrected chi connectivity index (χ0v) is 17.0. The molecule has 150 valence electrons. The van der Waals surface area contributed by atoms with Gasteiger partial charge in [-0.1, -0.05) is 24.6 Å². The molecule has 2 aliphatic heterocycles. The van der Waals surface area contributed by atoms with Crippen molar-refractivity contribution in [2.24, 2.45) is 0 Å². The van der Waals surface area contributed by atoms with Crippen molar-refractivity contribution in [2.75, 3.05) is 24.5 Å². The molecule has 1 saturated heterocycles. The summed E-state index contributed by atoms with van der Waals surface area (Å²) >= 11 is 0. The van der Waals surface area contributed by atoms with Crippen LogP contribution in [0.5, 0.6) is 0 Å². The Kier molecular flexibility index (Phi) is 5.72. The Labute approximate surface area is 167 Å². The molecular weight excluding hydrogens is 350 g/mol.